The van der Waals surface area contributed by atoms with E-state index in [1.54, 1.807) is 19.9 Å². The molecule has 0 spiro atoms. The summed E-state index contributed by atoms with van der Waals surface area (Å²) in [6.07, 6.45) is -0.324. The molecule has 18 heavy (non-hydrogen) atoms. The predicted molar refractivity (Wildman–Crippen MR) is 69.9 cm³/mol. The zero-order valence-corrected chi connectivity index (χ0v) is 11.1. The first-order valence-corrected chi connectivity index (χ1v) is 6.11. The summed E-state index contributed by atoms with van der Waals surface area (Å²) in [5.74, 6) is -0.314. The molecule has 1 N–H and O–H groups in total. The van der Waals surface area contributed by atoms with Crippen LogP contribution >= 0.6 is 0 Å². The van der Waals surface area contributed by atoms with Gasteiger partial charge in [-0.3, -0.25) is 0 Å². The van der Waals surface area contributed by atoms with Gasteiger partial charge in [0.2, 0.25) is 0 Å². The van der Waals surface area contributed by atoms with Gasteiger partial charge in [-0.2, -0.15) is 5.26 Å². The Morgan fingerprint density at radius 2 is 2.17 bits per heavy atom. The molecule has 0 saturated heterocycles. The van der Waals surface area contributed by atoms with Crippen LogP contribution in [-0.2, 0) is 0 Å². The first-order chi connectivity index (χ1) is 8.51. The van der Waals surface area contributed by atoms with Gasteiger partial charge in [0, 0.05) is 24.3 Å². The van der Waals surface area contributed by atoms with Crippen LogP contribution in [0.3, 0.4) is 0 Å². The van der Waals surface area contributed by atoms with Gasteiger partial charge in [0.1, 0.15) is 5.82 Å². The number of aliphatic hydroxyl groups is 1. The minimum Gasteiger partial charge on any atom is -0.389 e. The van der Waals surface area contributed by atoms with E-state index >= 15 is 0 Å². The van der Waals surface area contributed by atoms with Crippen LogP contribution in [0.2, 0.25) is 0 Å². The number of nitrogens with zero attached hydrogens (tertiary/aromatic N) is 2. The summed E-state index contributed by atoms with van der Waals surface area (Å²) < 4.78 is 13.6. The smallest absolute Gasteiger partial charge is 0.126 e. The molecule has 0 saturated carbocycles. The minimum atomic E-state index is -0.730. The van der Waals surface area contributed by atoms with E-state index in [2.05, 4.69) is 6.07 Å². The lowest BCUT2D eigenvalue weighted by Crippen LogP contribution is -2.25. The van der Waals surface area contributed by atoms with Gasteiger partial charge < -0.3 is 10.0 Å². The van der Waals surface area contributed by atoms with E-state index in [9.17, 15) is 9.50 Å². The van der Waals surface area contributed by atoms with Crippen molar-refractivity contribution in [2.24, 2.45) is 0 Å². The lowest BCUT2D eigenvalue weighted by atomic mass is 10.0. The molecule has 1 unspecified atom stereocenters. The maximum absolute atomic E-state index is 13.6. The lowest BCUT2D eigenvalue weighted by molar-refractivity contribution is 0.199. The molecular weight excluding hydrogens is 231 g/mol. The molecule has 1 rings (SSSR count). The fourth-order valence-electron chi connectivity index (χ4n) is 1.92. The molecule has 3 nitrogen and oxygen atoms in total. The van der Waals surface area contributed by atoms with E-state index in [4.69, 9.17) is 5.26 Å². The highest BCUT2D eigenvalue weighted by Crippen LogP contribution is 2.29. The average Bonchev–Trinajstić information content (AvgIpc) is 2.33. The van der Waals surface area contributed by atoms with Crippen LogP contribution < -0.4 is 4.90 Å². The van der Waals surface area contributed by atoms with Crippen molar-refractivity contribution in [1.29, 1.82) is 5.26 Å². The molecule has 98 valence electrons. The molecule has 1 atom stereocenters. The molecule has 0 aliphatic rings. The van der Waals surface area contributed by atoms with Crippen LogP contribution in [0.15, 0.2) is 12.1 Å². The van der Waals surface area contributed by atoms with Gasteiger partial charge in [-0.05, 0) is 38.5 Å². The highest BCUT2D eigenvalue weighted by molar-refractivity contribution is 5.56. The van der Waals surface area contributed by atoms with Crippen molar-refractivity contribution in [3.63, 3.8) is 0 Å². The normalized spacial score (nSPS) is 12.0. The molecule has 0 aliphatic carbocycles. The number of benzene rings is 1. The molecule has 0 bridgehead atoms. The Balaban J connectivity index is 3.19. The minimum absolute atomic E-state index is 0.314. The van der Waals surface area contributed by atoms with Gasteiger partial charge in [0.05, 0.1) is 18.6 Å². The number of hydrogen-bond acceptors (Lipinski definition) is 3. The number of aliphatic hydroxyl groups excluding tert-OH is 1. The molecule has 0 heterocycles. The van der Waals surface area contributed by atoms with E-state index < -0.39 is 6.10 Å². The SMILES string of the molecule is CCN(CCC#N)c1cc(C)c(F)cc1C(C)O. The van der Waals surface area contributed by atoms with E-state index in [-0.39, 0.29) is 5.82 Å². The van der Waals surface area contributed by atoms with Crippen molar-refractivity contribution in [3.05, 3.63) is 29.1 Å². The molecule has 0 fully saturated rings. The van der Waals surface area contributed by atoms with Crippen LogP contribution in [0, 0.1) is 24.1 Å². The Bertz CT molecular complexity index is 452. The van der Waals surface area contributed by atoms with Crippen LogP contribution in [0.5, 0.6) is 0 Å². The number of anilines is 1. The zero-order valence-electron chi connectivity index (χ0n) is 11.1. The highest BCUT2D eigenvalue weighted by Gasteiger charge is 2.16. The number of rotatable bonds is 5. The van der Waals surface area contributed by atoms with E-state index in [0.29, 0.717) is 30.6 Å². The maximum atomic E-state index is 13.6. The lowest BCUT2D eigenvalue weighted by Gasteiger charge is -2.26. The fraction of sp³-hybridized carbons (Fsp3) is 0.500. The van der Waals surface area contributed by atoms with Crippen LogP contribution in [0.1, 0.15) is 37.5 Å². The summed E-state index contributed by atoms with van der Waals surface area (Å²) >= 11 is 0. The molecular formula is C14H19FN2O. The van der Waals surface area contributed by atoms with Gasteiger partial charge in [0.25, 0.3) is 0 Å². The van der Waals surface area contributed by atoms with E-state index in [1.807, 2.05) is 11.8 Å². The van der Waals surface area contributed by atoms with Crippen molar-refractivity contribution in [3.8, 4) is 6.07 Å². The maximum Gasteiger partial charge on any atom is 0.126 e. The molecule has 0 amide bonds. The number of nitriles is 1. The molecule has 1 aromatic carbocycles. The number of hydrogen-bond donors (Lipinski definition) is 1. The molecule has 0 radical (unpaired) electrons. The number of aryl methyl sites for hydroxylation is 1. The van der Waals surface area contributed by atoms with E-state index in [0.717, 1.165) is 5.69 Å². The Morgan fingerprint density at radius 1 is 1.50 bits per heavy atom. The van der Waals surface area contributed by atoms with Crippen molar-refractivity contribution in [1.82, 2.24) is 0 Å². The third-order valence-corrected chi connectivity index (χ3v) is 2.97. The van der Waals surface area contributed by atoms with Crippen molar-refractivity contribution in [2.75, 3.05) is 18.0 Å². The van der Waals surface area contributed by atoms with Gasteiger partial charge >= 0.3 is 0 Å². The zero-order chi connectivity index (χ0) is 13.7. The van der Waals surface area contributed by atoms with Crippen molar-refractivity contribution in [2.45, 2.75) is 33.3 Å². The Morgan fingerprint density at radius 3 is 2.67 bits per heavy atom. The summed E-state index contributed by atoms with van der Waals surface area (Å²) in [6, 6.07) is 5.21. The quantitative estimate of drug-likeness (QED) is 0.874. The standard InChI is InChI=1S/C14H19FN2O/c1-4-17(7-5-6-16)14-8-10(2)13(15)9-12(14)11(3)18/h8-9,11,18H,4-5,7H2,1-3H3. The Hall–Kier alpha value is -1.60. The van der Waals surface area contributed by atoms with Crippen LogP contribution in [-0.4, -0.2) is 18.2 Å². The fourth-order valence-corrected chi connectivity index (χ4v) is 1.92. The summed E-state index contributed by atoms with van der Waals surface area (Å²) in [5.41, 5.74) is 1.92. The highest BCUT2D eigenvalue weighted by atomic mass is 19.1. The average molecular weight is 250 g/mol. The second-order valence-electron chi connectivity index (χ2n) is 4.32. The largest absolute Gasteiger partial charge is 0.389 e. The summed E-state index contributed by atoms with van der Waals surface area (Å²) in [4.78, 5) is 1.98. The Labute approximate surface area is 107 Å². The van der Waals surface area contributed by atoms with Crippen LogP contribution in [0.25, 0.3) is 0 Å². The number of halogens is 1. The first-order valence-electron chi connectivity index (χ1n) is 6.11. The van der Waals surface area contributed by atoms with Gasteiger partial charge in [-0.25, -0.2) is 4.39 Å². The third kappa shape index (κ3) is 3.21. The monoisotopic (exact) mass is 250 g/mol. The van der Waals surface area contributed by atoms with Crippen LogP contribution in [0.4, 0.5) is 10.1 Å². The Kier molecular flexibility index (Phi) is 5.11. The van der Waals surface area contributed by atoms with Gasteiger partial charge in [-0.15, -0.1) is 0 Å². The topological polar surface area (TPSA) is 47.3 Å². The predicted octanol–water partition coefficient (Wildman–Crippen LogP) is 2.93. The summed E-state index contributed by atoms with van der Waals surface area (Å²) in [7, 11) is 0. The third-order valence-electron chi connectivity index (χ3n) is 2.97. The van der Waals surface area contributed by atoms with Gasteiger partial charge in [-0.1, -0.05) is 0 Å². The summed E-state index contributed by atoms with van der Waals surface area (Å²) in [5, 5.41) is 18.4. The van der Waals surface area contributed by atoms with Gasteiger partial charge in [0.15, 0.2) is 0 Å². The van der Waals surface area contributed by atoms with Crippen molar-refractivity contribution >= 4 is 5.69 Å². The molecule has 1 aromatic rings. The second kappa shape index (κ2) is 6.36. The second-order valence-corrected chi connectivity index (χ2v) is 4.32. The molecule has 0 aromatic heterocycles. The molecule has 4 heteroatoms. The van der Waals surface area contributed by atoms with E-state index in [1.165, 1.54) is 6.07 Å². The summed E-state index contributed by atoms with van der Waals surface area (Å²) in [6.45, 7) is 6.58. The van der Waals surface area contributed by atoms with Crippen molar-refractivity contribution < 1.29 is 9.50 Å². The first kappa shape index (κ1) is 14.5. The molecule has 0 aliphatic heterocycles.